The van der Waals surface area contributed by atoms with E-state index in [1.54, 1.807) is 32.2 Å². The van der Waals surface area contributed by atoms with Crippen LogP contribution in [-0.2, 0) is 17.1 Å². The van der Waals surface area contributed by atoms with Gasteiger partial charge in [-0.15, -0.1) is 0 Å². The molecule has 0 saturated carbocycles. The van der Waals surface area contributed by atoms with Crippen molar-refractivity contribution >= 4 is 21.5 Å². The second-order valence-corrected chi connectivity index (χ2v) is 5.61. The number of anilines is 1. The van der Waals surface area contributed by atoms with Crippen LogP contribution in [0.1, 0.15) is 5.69 Å². The molecule has 1 aromatic heterocycles. The number of aromatic nitrogens is 2. The fourth-order valence-electron chi connectivity index (χ4n) is 1.67. The van der Waals surface area contributed by atoms with Gasteiger partial charge in [-0.2, -0.15) is 5.10 Å². The molecule has 0 amide bonds. The summed E-state index contributed by atoms with van der Waals surface area (Å²) in [6, 6.07) is 7.92. The minimum atomic E-state index is -3.74. The van der Waals surface area contributed by atoms with Crippen molar-refractivity contribution in [2.24, 2.45) is 7.05 Å². The second kappa shape index (κ2) is 4.70. The van der Waals surface area contributed by atoms with Crippen LogP contribution in [0.2, 0.25) is 0 Å². The molecule has 7 nitrogen and oxygen atoms in total. The number of rotatable bonds is 3. The van der Waals surface area contributed by atoms with Gasteiger partial charge < -0.3 is 0 Å². The summed E-state index contributed by atoms with van der Waals surface area (Å²) < 4.78 is 28.0. The van der Waals surface area contributed by atoms with Gasteiger partial charge in [-0.1, -0.05) is 18.2 Å². The van der Waals surface area contributed by atoms with Crippen LogP contribution in [0, 0.1) is 12.3 Å². The van der Waals surface area contributed by atoms with Crippen LogP contribution in [-0.4, -0.2) is 18.2 Å². The van der Waals surface area contributed by atoms with E-state index in [1.165, 1.54) is 16.8 Å². The Hall–Kier alpha value is -2.40. The van der Waals surface area contributed by atoms with Crippen LogP contribution in [0.15, 0.2) is 35.2 Å². The molecule has 0 saturated heterocycles. The van der Waals surface area contributed by atoms with Gasteiger partial charge >= 0.3 is 5.69 Å². The summed E-state index contributed by atoms with van der Waals surface area (Å²) in [5, 5.41) is 12.9. The first kappa shape index (κ1) is 13.0. The molecular weight excluding hydrogens is 266 g/mol. The highest BCUT2D eigenvalue weighted by Crippen LogP contribution is 2.29. The largest absolute Gasteiger partial charge is 0.449 e. The molecule has 1 heterocycles. The zero-order chi connectivity index (χ0) is 14.0. The molecule has 0 radical (unpaired) electrons. The molecule has 2 aromatic rings. The van der Waals surface area contributed by atoms with Crippen LogP contribution in [0.25, 0.3) is 4.98 Å². The minimum Gasteiger partial charge on any atom is -0.257 e. The lowest BCUT2D eigenvalue weighted by Crippen LogP contribution is -2.15. The minimum absolute atomic E-state index is 0.0991. The number of hydrogen-bond donors (Lipinski definition) is 1. The van der Waals surface area contributed by atoms with Crippen molar-refractivity contribution in [3.8, 4) is 0 Å². The van der Waals surface area contributed by atoms with Crippen molar-refractivity contribution in [1.29, 1.82) is 5.39 Å². The summed E-state index contributed by atoms with van der Waals surface area (Å²) in [6.07, 6.45) is 0. The molecule has 0 fully saturated rings. The smallest absolute Gasteiger partial charge is 0.257 e. The Labute approximate surface area is 110 Å². The summed E-state index contributed by atoms with van der Waals surface area (Å²) in [5.41, 5.74) is 0.526. The van der Waals surface area contributed by atoms with Crippen LogP contribution in [0.4, 0.5) is 11.5 Å². The molecule has 0 unspecified atom stereocenters. The van der Waals surface area contributed by atoms with Gasteiger partial charge in [0, 0.05) is 7.05 Å². The molecule has 0 aliphatic rings. The van der Waals surface area contributed by atoms with Crippen molar-refractivity contribution in [1.82, 2.24) is 9.78 Å². The summed E-state index contributed by atoms with van der Waals surface area (Å²) in [7, 11) is -2.18. The average molecular weight is 278 g/mol. The number of diazo groups is 1. The Bertz CT molecular complexity index is 743. The predicted octanol–water partition coefficient (Wildman–Crippen LogP) is 2.01. The van der Waals surface area contributed by atoms with E-state index >= 15 is 0 Å². The van der Waals surface area contributed by atoms with E-state index in [4.69, 9.17) is 5.39 Å². The van der Waals surface area contributed by atoms with Gasteiger partial charge in [-0.3, -0.25) is 4.72 Å². The molecule has 98 valence electrons. The third kappa shape index (κ3) is 2.41. The molecule has 2 rings (SSSR count). The molecular formula is C11H12N5O2S+. The number of nitrogens with zero attached hydrogens (tertiary/aromatic N) is 4. The SMILES string of the molecule is Cc1nn(C)c(NS(=O)(=O)c2ccccc2)c1[N+]#N. The number of benzene rings is 1. The van der Waals surface area contributed by atoms with E-state index in [0.29, 0.717) is 5.69 Å². The third-order valence-electron chi connectivity index (χ3n) is 2.58. The van der Waals surface area contributed by atoms with Gasteiger partial charge in [-0.05, 0) is 19.1 Å². The van der Waals surface area contributed by atoms with E-state index in [0.717, 1.165) is 0 Å². The van der Waals surface area contributed by atoms with E-state index in [-0.39, 0.29) is 16.4 Å². The number of hydrogen-bond acceptors (Lipinski definition) is 4. The molecule has 0 aliphatic carbocycles. The fourth-order valence-corrected chi connectivity index (χ4v) is 2.78. The Kier molecular flexibility index (Phi) is 3.23. The zero-order valence-electron chi connectivity index (χ0n) is 10.4. The topological polar surface area (TPSA) is 92.1 Å². The first-order chi connectivity index (χ1) is 8.95. The van der Waals surface area contributed by atoms with Gasteiger partial charge in [0.15, 0.2) is 10.7 Å². The number of nitrogens with one attached hydrogen (secondary N) is 1. The third-order valence-corrected chi connectivity index (χ3v) is 3.93. The molecule has 1 N–H and O–H groups in total. The second-order valence-electron chi connectivity index (χ2n) is 3.92. The molecule has 0 atom stereocenters. The summed E-state index contributed by atoms with van der Waals surface area (Å²) in [4.78, 5) is 3.18. The summed E-state index contributed by atoms with van der Waals surface area (Å²) >= 11 is 0. The van der Waals surface area contributed by atoms with Gasteiger partial charge in [0.1, 0.15) is 0 Å². The highest BCUT2D eigenvalue weighted by molar-refractivity contribution is 7.92. The molecule has 0 spiro atoms. The maximum absolute atomic E-state index is 12.2. The lowest BCUT2D eigenvalue weighted by molar-refractivity contribution is 0.600. The summed E-state index contributed by atoms with van der Waals surface area (Å²) in [5.74, 6) is 0.115. The van der Waals surface area contributed by atoms with Crippen molar-refractivity contribution in [2.45, 2.75) is 11.8 Å². The van der Waals surface area contributed by atoms with Crippen molar-refractivity contribution in [3.05, 3.63) is 41.0 Å². The van der Waals surface area contributed by atoms with Gasteiger partial charge in [0.05, 0.1) is 4.90 Å². The van der Waals surface area contributed by atoms with E-state index in [1.807, 2.05) is 0 Å². The first-order valence-electron chi connectivity index (χ1n) is 5.42. The van der Waals surface area contributed by atoms with Gasteiger partial charge in [0.2, 0.25) is 11.2 Å². The standard InChI is InChI=1S/C11H12N5O2S/c1-8-10(13-12)11(16(2)14-8)15-19(17,18)9-6-4-3-5-7-9/h3-7,15H,1-2H3/q+1. The fraction of sp³-hybridized carbons (Fsp3) is 0.182. The molecule has 19 heavy (non-hydrogen) atoms. The first-order valence-corrected chi connectivity index (χ1v) is 6.90. The van der Waals surface area contributed by atoms with E-state index in [2.05, 4.69) is 14.8 Å². The Balaban J connectivity index is 2.46. The maximum atomic E-state index is 12.2. The van der Waals surface area contributed by atoms with Crippen molar-refractivity contribution < 1.29 is 8.42 Å². The lowest BCUT2D eigenvalue weighted by atomic mass is 10.4. The van der Waals surface area contributed by atoms with E-state index in [9.17, 15) is 8.42 Å². The van der Waals surface area contributed by atoms with E-state index < -0.39 is 10.0 Å². The molecule has 8 heteroatoms. The zero-order valence-corrected chi connectivity index (χ0v) is 11.2. The monoisotopic (exact) mass is 278 g/mol. The maximum Gasteiger partial charge on any atom is 0.449 e. The Morgan fingerprint density at radius 2 is 1.95 bits per heavy atom. The van der Waals surface area contributed by atoms with Crippen LogP contribution in [0.5, 0.6) is 0 Å². The summed E-state index contributed by atoms with van der Waals surface area (Å²) in [6.45, 7) is 1.62. The number of aryl methyl sites for hydroxylation is 2. The van der Waals surface area contributed by atoms with Crippen molar-refractivity contribution in [3.63, 3.8) is 0 Å². The van der Waals surface area contributed by atoms with Gasteiger partial charge in [-0.25, -0.2) is 13.1 Å². The Morgan fingerprint density at radius 1 is 1.32 bits per heavy atom. The normalized spacial score (nSPS) is 11.0. The highest BCUT2D eigenvalue weighted by Gasteiger charge is 2.28. The van der Waals surface area contributed by atoms with Gasteiger partial charge in [0.25, 0.3) is 10.0 Å². The molecule has 0 bridgehead atoms. The van der Waals surface area contributed by atoms with Crippen molar-refractivity contribution in [2.75, 3.05) is 4.72 Å². The molecule has 0 aliphatic heterocycles. The van der Waals surface area contributed by atoms with Crippen LogP contribution < -0.4 is 4.72 Å². The Morgan fingerprint density at radius 3 is 2.53 bits per heavy atom. The van der Waals surface area contributed by atoms with Crippen LogP contribution in [0.3, 0.4) is 0 Å². The average Bonchev–Trinajstić information content (AvgIpc) is 2.64. The molecule has 1 aromatic carbocycles. The highest BCUT2D eigenvalue weighted by atomic mass is 32.2. The lowest BCUT2D eigenvalue weighted by Gasteiger charge is -2.05. The van der Waals surface area contributed by atoms with Crippen LogP contribution >= 0.6 is 0 Å². The predicted molar refractivity (Wildman–Crippen MR) is 69.9 cm³/mol. The number of sulfonamides is 1. The quantitative estimate of drug-likeness (QED) is 0.869.